The van der Waals surface area contributed by atoms with E-state index in [-0.39, 0.29) is 10.6 Å². The Morgan fingerprint density at radius 2 is 1.65 bits per heavy atom. The van der Waals surface area contributed by atoms with Gasteiger partial charge >= 0.3 is 0 Å². The molecule has 1 aromatic carbocycles. The number of Topliss-reactive ketones (excluding diaryl/α,β-unsaturated/α-hetero) is 1. The Kier molecular flexibility index (Phi) is 5.38. The molecule has 0 bridgehead atoms. The van der Waals surface area contributed by atoms with E-state index in [4.69, 9.17) is 0 Å². The third-order valence-electron chi connectivity index (χ3n) is 2.72. The van der Waals surface area contributed by atoms with Crippen molar-refractivity contribution in [3.8, 4) is 0 Å². The van der Waals surface area contributed by atoms with Crippen LogP contribution in [0.5, 0.6) is 0 Å². The molecule has 0 aliphatic heterocycles. The van der Waals surface area contributed by atoms with Crippen LogP contribution < -0.4 is 0 Å². The van der Waals surface area contributed by atoms with Crippen molar-refractivity contribution in [2.45, 2.75) is 38.9 Å². The molecule has 1 atom stereocenters. The first-order valence-corrected chi connectivity index (χ1v) is 7.10. The number of rotatable bonds is 5. The van der Waals surface area contributed by atoms with Gasteiger partial charge in [-0.25, -0.2) is 0 Å². The molecular weight excluding hydrogens is 276 g/mol. The molecular formula is C15H21BrO. The summed E-state index contributed by atoms with van der Waals surface area (Å²) in [7, 11) is 0. The van der Waals surface area contributed by atoms with Gasteiger partial charge in [-0.15, -0.1) is 0 Å². The van der Waals surface area contributed by atoms with Crippen molar-refractivity contribution < 1.29 is 4.79 Å². The van der Waals surface area contributed by atoms with Crippen LogP contribution in [0, 0.1) is 11.8 Å². The van der Waals surface area contributed by atoms with Gasteiger partial charge in [0.1, 0.15) is 0 Å². The average Bonchev–Trinajstić information content (AvgIpc) is 2.27. The maximum atomic E-state index is 12.1. The summed E-state index contributed by atoms with van der Waals surface area (Å²) in [5.74, 6) is 1.14. The smallest absolute Gasteiger partial charge is 0.176 e. The third-order valence-corrected chi connectivity index (χ3v) is 4.19. The molecule has 2 heteroatoms. The number of hydrogen-bond acceptors (Lipinski definition) is 1. The van der Waals surface area contributed by atoms with Crippen LogP contribution in [-0.4, -0.2) is 10.6 Å². The fourth-order valence-electron chi connectivity index (χ4n) is 1.74. The number of alkyl halides is 1. The van der Waals surface area contributed by atoms with Crippen LogP contribution >= 0.6 is 15.9 Å². The van der Waals surface area contributed by atoms with Crippen molar-refractivity contribution in [3.63, 3.8) is 0 Å². The van der Waals surface area contributed by atoms with Gasteiger partial charge in [-0.2, -0.15) is 0 Å². The largest absolute Gasteiger partial charge is 0.293 e. The number of hydrogen-bond donors (Lipinski definition) is 0. The SMILES string of the molecule is CC(C)Cc1ccc(C(=O)C(Br)C(C)C)cc1. The Morgan fingerprint density at radius 3 is 2.06 bits per heavy atom. The van der Waals surface area contributed by atoms with E-state index in [0.717, 1.165) is 12.0 Å². The zero-order valence-electron chi connectivity index (χ0n) is 11.0. The monoisotopic (exact) mass is 296 g/mol. The van der Waals surface area contributed by atoms with Crippen LogP contribution in [0.4, 0.5) is 0 Å². The Labute approximate surface area is 113 Å². The number of carbonyl (C=O) groups is 1. The molecule has 0 fully saturated rings. The van der Waals surface area contributed by atoms with Crippen molar-refractivity contribution in [2.24, 2.45) is 11.8 Å². The van der Waals surface area contributed by atoms with Crippen LogP contribution in [-0.2, 0) is 6.42 Å². The maximum absolute atomic E-state index is 12.1. The average molecular weight is 297 g/mol. The number of halogens is 1. The van der Waals surface area contributed by atoms with E-state index in [0.29, 0.717) is 11.8 Å². The van der Waals surface area contributed by atoms with Crippen molar-refractivity contribution in [1.82, 2.24) is 0 Å². The van der Waals surface area contributed by atoms with Crippen LogP contribution in [0.2, 0.25) is 0 Å². The molecule has 0 radical (unpaired) electrons. The van der Waals surface area contributed by atoms with Crippen molar-refractivity contribution in [1.29, 1.82) is 0 Å². The Hall–Kier alpha value is -0.630. The highest BCUT2D eigenvalue weighted by atomic mass is 79.9. The van der Waals surface area contributed by atoms with Crippen LogP contribution in [0.3, 0.4) is 0 Å². The van der Waals surface area contributed by atoms with Crippen LogP contribution in [0.25, 0.3) is 0 Å². The zero-order chi connectivity index (χ0) is 13.0. The van der Waals surface area contributed by atoms with E-state index < -0.39 is 0 Å². The second-order valence-corrected chi connectivity index (χ2v) is 6.29. The van der Waals surface area contributed by atoms with Gasteiger partial charge in [0.2, 0.25) is 0 Å². The van der Waals surface area contributed by atoms with E-state index >= 15 is 0 Å². The molecule has 0 aromatic heterocycles. The van der Waals surface area contributed by atoms with E-state index in [1.54, 1.807) is 0 Å². The van der Waals surface area contributed by atoms with Gasteiger partial charge in [-0.05, 0) is 23.8 Å². The highest BCUT2D eigenvalue weighted by molar-refractivity contribution is 9.10. The van der Waals surface area contributed by atoms with E-state index in [2.05, 4.69) is 41.9 Å². The van der Waals surface area contributed by atoms with Crippen LogP contribution in [0.1, 0.15) is 43.6 Å². The summed E-state index contributed by atoms with van der Waals surface area (Å²) in [5, 5.41) is 0. The lowest BCUT2D eigenvalue weighted by atomic mass is 9.97. The lowest BCUT2D eigenvalue weighted by Gasteiger charge is -2.13. The van der Waals surface area contributed by atoms with E-state index in [1.807, 2.05) is 26.0 Å². The first-order valence-electron chi connectivity index (χ1n) is 6.19. The third kappa shape index (κ3) is 4.27. The molecule has 0 saturated carbocycles. The van der Waals surface area contributed by atoms with Gasteiger partial charge in [0.15, 0.2) is 5.78 Å². The Morgan fingerprint density at radius 1 is 1.12 bits per heavy atom. The summed E-state index contributed by atoms with van der Waals surface area (Å²) in [4.78, 5) is 12.0. The Bertz CT molecular complexity index is 365. The van der Waals surface area contributed by atoms with Gasteiger partial charge in [0, 0.05) is 5.56 Å². The quantitative estimate of drug-likeness (QED) is 0.578. The van der Waals surface area contributed by atoms with Crippen molar-refractivity contribution >= 4 is 21.7 Å². The van der Waals surface area contributed by atoms with Crippen LogP contribution in [0.15, 0.2) is 24.3 Å². The number of benzene rings is 1. The standard InChI is InChI=1S/C15H21BrO/c1-10(2)9-12-5-7-13(8-6-12)15(17)14(16)11(3)4/h5-8,10-11,14H,9H2,1-4H3. The van der Waals surface area contributed by atoms with Crippen molar-refractivity contribution in [2.75, 3.05) is 0 Å². The summed E-state index contributed by atoms with van der Waals surface area (Å²) in [6.45, 7) is 8.49. The molecule has 17 heavy (non-hydrogen) atoms. The molecule has 0 aliphatic carbocycles. The van der Waals surface area contributed by atoms with E-state index in [1.165, 1.54) is 5.56 Å². The predicted octanol–water partition coefficient (Wildman–Crippen LogP) is 4.49. The molecule has 0 spiro atoms. The molecule has 0 N–H and O–H groups in total. The molecule has 1 unspecified atom stereocenters. The minimum absolute atomic E-state index is 0.0848. The molecule has 0 heterocycles. The van der Waals surface area contributed by atoms with Gasteiger partial charge in [-0.3, -0.25) is 4.79 Å². The topological polar surface area (TPSA) is 17.1 Å². The number of ketones is 1. The first-order chi connectivity index (χ1) is 7.91. The second kappa shape index (κ2) is 6.34. The molecule has 0 saturated heterocycles. The predicted molar refractivity (Wildman–Crippen MR) is 76.9 cm³/mol. The minimum atomic E-state index is -0.0848. The van der Waals surface area contributed by atoms with Crippen molar-refractivity contribution in [3.05, 3.63) is 35.4 Å². The maximum Gasteiger partial charge on any atom is 0.176 e. The van der Waals surface area contributed by atoms with Gasteiger partial charge in [0.25, 0.3) is 0 Å². The normalized spacial score (nSPS) is 13.1. The lowest BCUT2D eigenvalue weighted by molar-refractivity contribution is 0.0978. The number of carbonyl (C=O) groups excluding carboxylic acids is 1. The summed E-state index contributed by atoms with van der Waals surface area (Å²) in [5.41, 5.74) is 2.10. The minimum Gasteiger partial charge on any atom is -0.293 e. The summed E-state index contributed by atoms with van der Waals surface area (Å²) < 4.78 is 0. The zero-order valence-corrected chi connectivity index (χ0v) is 12.6. The highest BCUT2D eigenvalue weighted by Gasteiger charge is 2.19. The summed E-state index contributed by atoms with van der Waals surface area (Å²) in [6, 6.07) is 8.01. The van der Waals surface area contributed by atoms with Gasteiger partial charge < -0.3 is 0 Å². The molecule has 0 amide bonds. The fourth-order valence-corrected chi connectivity index (χ4v) is 2.00. The van der Waals surface area contributed by atoms with E-state index in [9.17, 15) is 4.79 Å². The van der Waals surface area contributed by atoms with Gasteiger partial charge in [0.05, 0.1) is 4.83 Å². The molecule has 1 nitrogen and oxygen atoms in total. The lowest BCUT2D eigenvalue weighted by Crippen LogP contribution is -2.19. The molecule has 1 rings (SSSR count). The molecule has 1 aromatic rings. The molecule has 94 valence electrons. The Balaban J connectivity index is 2.77. The summed E-state index contributed by atoms with van der Waals surface area (Å²) in [6.07, 6.45) is 1.07. The summed E-state index contributed by atoms with van der Waals surface area (Å²) >= 11 is 3.45. The highest BCUT2D eigenvalue weighted by Crippen LogP contribution is 2.19. The molecule has 0 aliphatic rings. The first kappa shape index (κ1) is 14.4. The second-order valence-electron chi connectivity index (χ2n) is 5.30. The van der Waals surface area contributed by atoms with Gasteiger partial charge in [-0.1, -0.05) is 67.9 Å². The fraction of sp³-hybridized carbons (Fsp3) is 0.533.